The van der Waals surface area contributed by atoms with Gasteiger partial charge < -0.3 is 15.5 Å². The smallest absolute Gasteiger partial charge is 0.270 e. The van der Waals surface area contributed by atoms with E-state index < -0.39 is 0 Å². The summed E-state index contributed by atoms with van der Waals surface area (Å²) < 4.78 is 0. The van der Waals surface area contributed by atoms with Gasteiger partial charge in [0.2, 0.25) is 5.91 Å². The number of nitrogens with one attached hydrogen (secondary N) is 2. The number of carbonyl (C=O) groups excluding carboxylic acids is 2. The number of amides is 2. The van der Waals surface area contributed by atoms with E-state index in [1.165, 1.54) is 17.5 Å². The van der Waals surface area contributed by atoms with E-state index >= 15 is 0 Å². The van der Waals surface area contributed by atoms with Crippen molar-refractivity contribution in [2.45, 2.75) is 45.1 Å². The molecule has 3 heterocycles. The van der Waals surface area contributed by atoms with Gasteiger partial charge in [-0.1, -0.05) is 24.3 Å². The van der Waals surface area contributed by atoms with Gasteiger partial charge in [-0.2, -0.15) is 0 Å². The highest BCUT2D eigenvalue weighted by molar-refractivity contribution is 5.92. The Morgan fingerprint density at radius 3 is 2.77 bits per heavy atom. The Morgan fingerprint density at radius 2 is 1.94 bits per heavy atom. The SMILES string of the molecule is CC(=O)N1CCC(Nc2cc(C(=O)NCCCN3CCC4=C(Cc5ccccc54)C3)ncn2)CC1. The molecule has 2 N–H and O–H groups in total. The van der Waals surface area contributed by atoms with E-state index in [1.807, 2.05) is 4.90 Å². The first-order valence-electron chi connectivity index (χ1n) is 12.7. The number of anilines is 1. The largest absolute Gasteiger partial charge is 0.367 e. The van der Waals surface area contributed by atoms with Gasteiger partial charge in [0, 0.05) is 58.3 Å². The predicted molar refractivity (Wildman–Crippen MR) is 136 cm³/mol. The third-order valence-corrected chi connectivity index (χ3v) is 7.39. The van der Waals surface area contributed by atoms with Crippen LogP contribution in [0.5, 0.6) is 0 Å². The number of fused-ring (bicyclic) bond motifs is 2. The Kier molecular flexibility index (Phi) is 7.08. The van der Waals surface area contributed by atoms with Gasteiger partial charge in [0.25, 0.3) is 5.91 Å². The van der Waals surface area contributed by atoms with Crippen LogP contribution in [0.2, 0.25) is 0 Å². The standard InChI is InChI=1S/C27H34N6O2/c1-19(34)33-13-7-22(8-14-33)31-26-16-25(29-18-30-26)27(35)28-10-4-11-32-12-9-24-21(17-32)15-20-5-2-3-6-23(20)24/h2-3,5-6,16,18,22H,4,7-15,17H2,1H3,(H,28,35)(H,29,30,31). The zero-order chi connectivity index (χ0) is 24.2. The molecular weight excluding hydrogens is 440 g/mol. The molecule has 5 rings (SSSR count). The first kappa shape index (κ1) is 23.5. The molecule has 35 heavy (non-hydrogen) atoms. The van der Waals surface area contributed by atoms with Gasteiger partial charge in [0.15, 0.2) is 0 Å². The van der Waals surface area contributed by atoms with E-state index in [-0.39, 0.29) is 17.9 Å². The lowest BCUT2D eigenvalue weighted by Gasteiger charge is -2.31. The van der Waals surface area contributed by atoms with Crippen LogP contribution < -0.4 is 10.6 Å². The van der Waals surface area contributed by atoms with Crippen LogP contribution in [0.1, 0.15) is 54.2 Å². The maximum absolute atomic E-state index is 12.6. The highest BCUT2D eigenvalue weighted by Gasteiger charge is 2.26. The van der Waals surface area contributed by atoms with Crippen molar-refractivity contribution in [2.75, 3.05) is 44.6 Å². The summed E-state index contributed by atoms with van der Waals surface area (Å²) in [7, 11) is 0. The van der Waals surface area contributed by atoms with Crippen molar-refractivity contribution >= 4 is 23.2 Å². The van der Waals surface area contributed by atoms with Crippen LogP contribution in [0.15, 0.2) is 42.2 Å². The second-order valence-corrected chi connectivity index (χ2v) is 9.76. The molecule has 1 aliphatic carbocycles. The highest BCUT2D eigenvalue weighted by Crippen LogP contribution is 2.37. The average Bonchev–Trinajstić information content (AvgIpc) is 3.25. The molecule has 184 valence electrons. The molecule has 3 aliphatic rings. The molecule has 1 saturated heterocycles. The fourth-order valence-corrected chi connectivity index (χ4v) is 5.47. The Morgan fingerprint density at radius 1 is 1.11 bits per heavy atom. The molecule has 8 nitrogen and oxygen atoms in total. The summed E-state index contributed by atoms with van der Waals surface area (Å²) in [6, 6.07) is 10.7. The number of hydrogen-bond acceptors (Lipinski definition) is 6. The van der Waals surface area contributed by atoms with Gasteiger partial charge in [-0.05, 0) is 54.4 Å². The second-order valence-electron chi connectivity index (χ2n) is 9.76. The van der Waals surface area contributed by atoms with Crippen LogP contribution >= 0.6 is 0 Å². The summed E-state index contributed by atoms with van der Waals surface area (Å²) in [5, 5.41) is 6.40. The van der Waals surface area contributed by atoms with Crippen molar-refractivity contribution in [1.82, 2.24) is 25.1 Å². The number of benzene rings is 1. The zero-order valence-corrected chi connectivity index (χ0v) is 20.4. The predicted octanol–water partition coefficient (Wildman–Crippen LogP) is 2.73. The van der Waals surface area contributed by atoms with E-state index in [0.29, 0.717) is 18.1 Å². The number of rotatable bonds is 7. The summed E-state index contributed by atoms with van der Waals surface area (Å²) in [4.78, 5) is 36.9. The van der Waals surface area contributed by atoms with E-state index in [1.54, 1.807) is 24.1 Å². The normalized spacial score (nSPS) is 18.3. The van der Waals surface area contributed by atoms with Gasteiger partial charge in [-0.15, -0.1) is 0 Å². The van der Waals surface area contributed by atoms with Crippen LogP contribution in [0, 0.1) is 0 Å². The Balaban J connectivity index is 1.05. The Labute approximate surface area is 206 Å². The minimum Gasteiger partial charge on any atom is -0.367 e. The van der Waals surface area contributed by atoms with Crippen molar-refractivity contribution in [2.24, 2.45) is 0 Å². The lowest BCUT2D eigenvalue weighted by Crippen LogP contribution is -2.41. The summed E-state index contributed by atoms with van der Waals surface area (Å²) in [5.74, 6) is 0.605. The van der Waals surface area contributed by atoms with Crippen molar-refractivity contribution in [3.05, 3.63) is 59.1 Å². The lowest BCUT2D eigenvalue weighted by atomic mass is 9.99. The zero-order valence-electron chi connectivity index (χ0n) is 20.4. The molecule has 2 aromatic rings. The lowest BCUT2D eigenvalue weighted by molar-refractivity contribution is -0.129. The number of aromatic nitrogens is 2. The van der Waals surface area contributed by atoms with Crippen LogP contribution in [0.4, 0.5) is 5.82 Å². The van der Waals surface area contributed by atoms with Crippen LogP contribution in [-0.4, -0.2) is 76.9 Å². The topological polar surface area (TPSA) is 90.5 Å². The number of carbonyl (C=O) groups is 2. The molecule has 0 atom stereocenters. The molecule has 8 heteroatoms. The molecule has 0 radical (unpaired) electrons. The van der Waals surface area contributed by atoms with E-state index in [2.05, 4.69) is 49.8 Å². The average molecular weight is 475 g/mol. The summed E-state index contributed by atoms with van der Waals surface area (Å²) in [6.07, 6.45) is 6.27. The van der Waals surface area contributed by atoms with E-state index in [0.717, 1.165) is 64.8 Å². The molecule has 1 aromatic carbocycles. The van der Waals surface area contributed by atoms with Crippen LogP contribution in [-0.2, 0) is 11.2 Å². The van der Waals surface area contributed by atoms with Crippen LogP contribution in [0.3, 0.4) is 0 Å². The molecular formula is C27H34N6O2. The molecule has 0 unspecified atom stereocenters. The fraction of sp³-hybridized carbons (Fsp3) is 0.481. The minimum absolute atomic E-state index is 0.121. The molecule has 2 amide bonds. The van der Waals surface area contributed by atoms with Gasteiger partial charge >= 0.3 is 0 Å². The molecule has 1 fully saturated rings. The third kappa shape index (κ3) is 5.53. The number of likely N-dealkylation sites (tertiary alicyclic amines) is 1. The van der Waals surface area contributed by atoms with Gasteiger partial charge in [0.1, 0.15) is 17.8 Å². The number of hydrogen-bond donors (Lipinski definition) is 2. The van der Waals surface area contributed by atoms with Gasteiger partial charge in [-0.25, -0.2) is 9.97 Å². The Bertz CT molecular complexity index is 1120. The number of piperidine rings is 1. The van der Waals surface area contributed by atoms with E-state index in [4.69, 9.17) is 0 Å². The van der Waals surface area contributed by atoms with Crippen LogP contribution in [0.25, 0.3) is 5.57 Å². The Hall–Kier alpha value is -3.26. The molecule has 0 spiro atoms. The molecule has 2 aliphatic heterocycles. The minimum atomic E-state index is -0.170. The van der Waals surface area contributed by atoms with Gasteiger partial charge in [0.05, 0.1) is 0 Å². The second kappa shape index (κ2) is 10.6. The van der Waals surface area contributed by atoms with Crippen molar-refractivity contribution in [3.8, 4) is 0 Å². The van der Waals surface area contributed by atoms with Crippen molar-refractivity contribution in [1.29, 1.82) is 0 Å². The van der Waals surface area contributed by atoms with Crippen molar-refractivity contribution < 1.29 is 9.59 Å². The summed E-state index contributed by atoms with van der Waals surface area (Å²) in [5.41, 5.74) is 6.42. The molecule has 0 saturated carbocycles. The fourth-order valence-electron chi connectivity index (χ4n) is 5.47. The summed E-state index contributed by atoms with van der Waals surface area (Å²) in [6.45, 7) is 6.80. The highest BCUT2D eigenvalue weighted by atomic mass is 16.2. The van der Waals surface area contributed by atoms with Crippen molar-refractivity contribution in [3.63, 3.8) is 0 Å². The summed E-state index contributed by atoms with van der Waals surface area (Å²) >= 11 is 0. The van der Waals surface area contributed by atoms with E-state index in [9.17, 15) is 9.59 Å². The molecule has 0 bridgehead atoms. The maximum Gasteiger partial charge on any atom is 0.270 e. The first-order valence-corrected chi connectivity index (χ1v) is 12.7. The number of nitrogens with zero attached hydrogens (tertiary/aromatic N) is 4. The van der Waals surface area contributed by atoms with Gasteiger partial charge in [-0.3, -0.25) is 14.5 Å². The third-order valence-electron chi connectivity index (χ3n) is 7.39. The quantitative estimate of drug-likeness (QED) is 0.600. The first-order chi connectivity index (χ1) is 17.1. The molecule has 1 aromatic heterocycles. The maximum atomic E-state index is 12.6. The monoisotopic (exact) mass is 474 g/mol.